The van der Waals surface area contributed by atoms with Crippen molar-refractivity contribution in [2.24, 2.45) is 0 Å². The zero-order valence-corrected chi connectivity index (χ0v) is 17.4. The molecule has 6 heteroatoms. The average molecular weight is 414 g/mol. The van der Waals surface area contributed by atoms with E-state index in [-0.39, 0.29) is 15.5 Å². The molecule has 0 saturated carbocycles. The second-order valence-electron chi connectivity index (χ2n) is 6.59. The van der Waals surface area contributed by atoms with Crippen LogP contribution in [0.4, 0.5) is 5.69 Å². The van der Waals surface area contributed by atoms with Crippen molar-refractivity contribution < 1.29 is 13.2 Å². The summed E-state index contributed by atoms with van der Waals surface area (Å²) in [6.07, 6.45) is 0. The molecule has 3 rings (SSSR count). The third-order valence-corrected chi connectivity index (χ3v) is 6.68. The molecule has 0 aliphatic carbocycles. The van der Waals surface area contributed by atoms with Gasteiger partial charge in [-0.1, -0.05) is 53.6 Å². The van der Waals surface area contributed by atoms with Gasteiger partial charge in [0.25, 0.3) is 15.9 Å². The van der Waals surface area contributed by atoms with Gasteiger partial charge in [-0.3, -0.25) is 4.79 Å². The normalized spacial score (nSPS) is 11.3. The summed E-state index contributed by atoms with van der Waals surface area (Å²) in [5.74, 6) is -0.695. The highest BCUT2D eigenvalue weighted by atomic mass is 35.5. The number of aryl methyl sites for hydroxylation is 2. The van der Waals surface area contributed by atoms with Crippen LogP contribution in [0.25, 0.3) is 0 Å². The lowest BCUT2D eigenvalue weighted by molar-refractivity contribution is 0.101. The summed E-state index contributed by atoms with van der Waals surface area (Å²) < 4.78 is 27.8. The second kappa shape index (κ2) is 7.78. The van der Waals surface area contributed by atoms with Gasteiger partial charge in [0.1, 0.15) is 0 Å². The number of benzene rings is 3. The summed E-state index contributed by atoms with van der Waals surface area (Å²) in [6, 6.07) is 18.1. The molecule has 0 fully saturated rings. The fraction of sp³-hybridized carbons (Fsp3) is 0.136. The second-order valence-corrected chi connectivity index (χ2v) is 8.78. The monoisotopic (exact) mass is 413 g/mol. The maximum absolute atomic E-state index is 13.5. The minimum atomic E-state index is -4.15. The first kappa shape index (κ1) is 20.1. The molecule has 0 unspecified atom stereocenters. The maximum Gasteiger partial charge on any atom is 0.273 e. The fourth-order valence-electron chi connectivity index (χ4n) is 2.86. The topological polar surface area (TPSA) is 54.5 Å². The lowest BCUT2D eigenvalue weighted by atomic mass is 10.1. The maximum atomic E-state index is 13.5. The van der Waals surface area contributed by atoms with E-state index in [9.17, 15) is 13.2 Å². The number of carbonyl (C=O) groups is 1. The molecule has 0 spiro atoms. The van der Waals surface area contributed by atoms with E-state index in [4.69, 9.17) is 11.6 Å². The van der Waals surface area contributed by atoms with Gasteiger partial charge in [-0.05, 0) is 62.2 Å². The largest absolute Gasteiger partial charge is 0.273 e. The molecule has 0 aliphatic rings. The first-order valence-corrected chi connectivity index (χ1v) is 10.5. The zero-order chi connectivity index (χ0) is 20.5. The molecule has 28 heavy (non-hydrogen) atoms. The Hall–Kier alpha value is -2.63. The van der Waals surface area contributed by atoms with Gasteiger partial charge in [-0.15, -0.1) is 0 Å². The van der Waals surface area contributed by atoms with E-state index in [2.05, 4.69) is 0 Å². The van der Waals surface area contributed by atoms with Crippen LogP contribution in [0.15, 0.2) is 71.6 Å². The van der Waals surface area contributed by atoms with Crippen molar-refractivity contribution in [3.8, 4) is 0 Å². The third kappa shape index (κ3) is 3.68. The van der Waals surface area contributed by atoms with Crippen LogP contribution in [0.2, 0.25) is 5.02 Å². The molecule has 1 amide bonds. The van der Waals surface area contributed by atoms with Gasteiger partial charge < -0.3 is 0 Å². The molecular weight excluding hydrogens is 394 g/mol. The quantitative estimate of drug-likeness (QED) is 0.583. The molecule has 0 aliphatic heterocycles. The van der Waals surface area contributed by atoms with Crippen LogP contribution in [0.5, 0.6) is 0 Å². The van der Waals surface area contributed by atoms with E-state index in [0.29, 0.717) is 11.3 Å². The highest BCUT2D eigenvalue weighted by Crippen LogP contribution is 2.31. The van der Waals surface area contributed by atoms with Crippen molar-refractivity contribution in [2.75, 3.05) is 4.31 Å². The average Bonchev–Trinajstić information content (AvgIpc) is 2.66. The minimum absolute atomic E-state index is 0.0411. The first-order chi connectivity index (χ1) is 13.2. The predicted octanol–water partition coefficient (Wildman–Crippen LogP) is 5.30. The van der Waals surface area contributed by atoms with Gasteiger partial charge in [0, 0.05) is 0 Å². The Morgan fingerprint density at radius 3 is 2.14 bits per heavy atom. The minimum Gasteiger partial charge on any atom is -0.268 e. The summed E-state index contributed by atoms with van der Waals surface area (Å²) in [6.45, 7) is 5.53. The van der Waals surface area contributed by atoms with Crippen LogP contribution in [-0.2, 0) is 10.0 Å². The Labute approximate surface area is 170 Å². The highest BCUT2D eigenvalue weighted by Gasteiger charge is 2.33. The van der Waals surface area contributed by atoms with Crippen molar-refractivity contribution >= 4 is 33.2 Å². The van der Waals surface area contributed by atoms with E-state index >= 15 is 0 Å². The number of hydrogen-bond donors (Lipinski definition) is 0. The van der Waals surface area contributed by atoms with E-state index < -0.39 is 15.9 Å². The van der Waals surface area contributed by atoms with Crippen molar-refractivity contribution in [1.29, 1.82) is 0 Å². The number of nitrogens with zero attached hydrogens (tertiary/aromatic N) is 1. The summed E-state index contributed by atoms with van der Waals surface area (Å²) in [4.78, 5) is 13.4. The molecule has 4 nitrogen and oxygen atoms in total. The Morgan fingerprint density at radius 2 is 1.50 bits per heavy atom. The van der Waals surface area contributed by atoms with E-state index in [1.54, 1.807) is 49.4 Å². The summed E-state index contributed by atoms with van der Waals surface area (Å²) >= 11 is 6.20. The van der Waals surface area contributed by atoms with Crippen LogP contribution in [0.3, 0.4) is 0 Å². The Bertz CT molecular complexity index is 1140. The number of sulfonamides is 1. The highest BCUT2D eigenvalue weighted by molar-refractivity contribution is 7.93. The van der Waals surface area contributed by atoms with Gasteiger partial charge in [0.2, 0.25) is 0 Å². The lowest BCUT2D eigenvalue weighted by Crippen LogP contribution is -2.37. The van der Waals surface area contributed by atoms with E-state index in [1.807, 2.05) is 19.9 Å². The van der Waals surface area contributed by atoms with Crippen LogP contribution in [-0.4, -0.2) is 14.3 Å². The van der Waals surface area contributed by atoms with Crippen molar-refractivity contribution in [3.63, 3.8) is 0 Å². The molecule has 144 valence electrons. The van der Waals surface area contributed by atoms with Gasteiger partial charge in [0.15, 0.2) is 0 Å². The molecule has 0 N–H and O–H groups in total. The van der Waals surface area contributed by atoms with Crippen molar-refractivity contribution in [3.05, 3.63) is 94.0 Å². The van der Waals surface area contributed by atoms with Crippen LogP contribution >= 0.6 is 11.6 Å². The van der Waals surface area contributed by atoms with Crippen molar-refractivity contribution in [1.82, 2.24) is 0 Å². The van der Waals surface area contributed by atoms with Crippen LogP contribution < -0.4 is 4.31 Å². The SMILES string of the molecule is Cc1ccc(S(=O)(=O)N(C(=O)c2ccccc2Cl)c2cccc(C)c2C)cc1. The number of halogens is 1. The van der Waals surface area contributed by atoms with Crippen LogP contribution in [0, 0.1) is 20.8 Å². The molecule has 0 saturated heterocycles. The van der Waals surface area contributed by atoms with E-state index in [1.165, 1.54) is 18.2 Å². The number of rotatable bonds is 4. The fourth-order valence-corrected chi connectivity index (χ4v) is 4.54. The Balaban J connectivity index is 2.26. The smallest absolute Gasteiger partial charge is 0.268 e. The van der Waals surface area contributed by atoms with Gasteiger partial charge in [-0.2, -0.15) is 4.31 Å². The molecule has 0 atom stereocenters. The van der Waals surface area contributed by atoms with Gasteiger partial charge in [0.05, 0.1) is 21.2 Å². The molecule has 0 heterocycles. The standard InChI is InChI=1S/C22H20ClNO3S/c1-15-11-13-18(14-12-15)28(26,27)24(21-10-6-7-16(2)17(21)3)22(25)19-8-4-5-9-20(19)23/h4-14H,1-3H3. The van der Waals surface area contributed by atoms with Gasteiger partial charge in [-0.25, -0.2) is 8.42 Å². The Kier molecular flexibility index (Phi) is 5.59. The lowest BCUT2D eigenvalue weighted by Gasteiger charge is -2.25. The number of hydrogen-bond acceptors (Lipinski definition) is 3. The number of amides is 1. The number of carbonyl (C=O) groups excluding carboxylic acids is 1. The first-order valence-electron chi connectivity index (χ1n) is 8.70. The summed E-state index contributed by atoms with van der Waals surface area (Å²) in [5.41, 5.74) is 2.95. The summed E-state index contributed by atoms with van der Waals surface area (Å²) in [7, 11) is -4.15. The molecular formula is C22H20ClNO3S. The molecule has 0 radical (unpaired) electrons. The molecule has 0 aromatic heterocycles. The van der Waals surface area contributed by atoms with E-state index in [0.717, 1.165) is 15.4 Å². The molecule has 3 aromatic carbocycles. The zero-order valence-electron chi connectivity index (χ0n) is 15.8. The van der Waals surface area contributed by atoms with Crippen molar-refractivity contribution in [2.45, 2.75) is 25.7 Å². The number of anilines is 1. The summed E-state index contributed by atoms with van der Waals surface area (Å²) in [5, 5.41) is 0.196. The predicted molar refractivity (Wildman–Crippen MR) is 113 cm³/mol. The Morgan fingerprint density at radius 1 is 0.857 bits per heavy atom. The third-order valence-electron chi connectivity index (χ3n) is 4.64. The van der Waals surface area contributed by atoms with Crippen LogP contribution in [0.1, 0.15) is 27.0 Å². The molecule has 3 aromatic rings. The van der Waals surface area contributed by atoms with Gasteiger partial charge >= 0.3 is 0 Å². The molecule has 0 bridgehead atoms.